The van der Waals surface area contributed by atoms with Gasteiger partial charge in [-0.3, -0.25) is 0 Å². The fraction of sp³-hybridized carbons (Fsp3) is 0.250. The molecule has 1 fully saturated rings. The number of aromatic nitrogens is 1. The van der Waals surface area contributed by atoms with E-state index in [1.54, 1.807) is 0 Å². The molecule has 4 rings (SSSR count). The van der Waals surface area contributed by atoms with Crippen molar-refractivity contribution in [3.05, 3.63) is 66.5 Å². The van der Waals surface area contributed by atoms with Crippen LogP contribution < -0.4 is 5.32 Å². The van der Waals surface area contributed by atoms with Gasteiger partial charge in [0.05, 0.1) is 12.2 Å². The first-order valence-electron chi connectivity index (χ1n) is 8.38. The molecule has 1 aromatic heterocycles. The summed E-state index contributed by atoms with van der Waals surface area (Å²) in [6, 6.07) is 18.6. The van der Waals surface area contributed by atoms with Gasteiger partial charge >= 0.3 is 6.03 Å². The van der Waals surface area contributed by atoms with Crippen molar-refractivity contribution >= 4 is 22.5 Å². The van der Waals surface area contributed by atoms with Crippen molar-refractivity contribution in [1.29, 1.82) is 0 Å². The van der Waals surface area contributed by atoms with Crippen molar-refractivity contribution in [2.75, 3.05) is 5.32 Å². The Morgan fingerprint density at radius 3 is 2.67 bits per heavy atom. The number of amides is 2. The molecule has 24 heavy (non-hydrogen) atoms. The van der Waals surface area contributed by atoms with Crippen LogP contribution in [0.15, 0.2) is 60.8 Å². The quantitative estimate of drug-likeness (QED) is 0.761. The second-order valence-corrected chi connectivity index (χ2v) is 6.43. The predicted octanol–water partition coefficient (Wildman–Crippen LogP) is 4.37. The van der Waals surface area contributed by atoms with Gasteiger partial charge in [0, 0.05) is 30.4 Å². The second-order valence-electron chi connectivity index (χ2n) is 6.43. The van der Waals surface area contributed by atoms with Gasteiger partial charge in [-0.1, -0.05) is 36.4 Å². The number of fused-ring (bicyclic) bond motifs is 1. The summed E-state index contributed by atoms with van der Waals surface area (Å²) >= 11 is 0. The summed E-state index contributed by atoms with van der Waals surface area (Å²) in [6.45, 7) is 0.644. The zero-order chi connectivity index (χ0) is 16.5. The number of carbonyl (C=O) groups is 1. The van der Waals surface area contributed by atoms with Gasteiger partial charge in [-0.05, 0) is 36.4 Å². The van der Waals surface area contributed by atoms with E-state index < -0.39 is 0 Å². The highest BCUT2D eigenvalue weighted by Crippen LogP contribution is 2.30. The molecule has 3 aromatic rings. The summed E-state index contributed by atoms with van der Waals surface area (Å²) in [4.78, 5) is 14.8. The predicted molar refractivity (Wildman–Crippen MR) is 96.9 cm³/mol. The zero-order valence-corrected chi connectivity index (χ0v) is 13.8. The third-order valence-electron chi connectivity index (χ3n) is 4.66. The molecule has 0 spiro atoms. The van der Waals surface area contributed by atoms with Crippen molar-refractivity contribution < 1.29 is 4.79 Å². The summed E-state index contributed by atoms with van der Waals surface area (Å²) in [7, 11) is 2.02. The van der Waals surface area contributed by atoms with Crippen LogP contribution in [-0.2, 0) is 13.6 Å². The highest BCUT2D eigenvalue weighted by atomic mass is 16.2. The largest absolute Gasteiger partial charge is 0.353 e. The molecular weight excluding hydrogens is 298 g/mol. The molecule has 0 radical (unpaired) electrons. The lowest BCUT2D eigenvalue weighted by Gasteiger charge is -2.23. The first kappa shape index (κ1) is 14.8. The molecule has 1 saturated carbocycles. The van der Waals surface area contributed by atoms with Gasteiger partial charge in [0.15, 0.2) is 0 Å². The molecule has 1 heterocycles. The van der Waals surface area contributed by atoms with Gasteiger partial charge in [0.1, 0.15) is 0 Å². The Morgan fingerprint density at radius 2 is 1.92 bits per heavy atom. The van der Waals surface area contributed by atoms with E-state index in [-0.39, 0.29) is 6.03 Å². The molecule has 4 nitrogen and oxygen atoms in total. The lowest BCUT2D eigenvalue weighted by atomic mass is 10.1. The van der Waals surface area contributed by atoms with E-state index in [2.05, 4.69) is 28.1 Å². The summed E-state index contributed by atoms with van der Waals surface area (Å²) < 4.78 is 2.07. The van der Waals surface area contributed by atoms with Gasteiger partial charge in [-0.2, -0.15) is 0 Å². The zero-order valence-electron chi connectivity index (χ0n) is 13.8. The molecule has 122 valence electrons. The van der Waals surface area contributed by atoms with E-state index in [9.17, 15) is 4.79 Å². The molecular formula is C20H21N3O. The Morgan fingerprint density at radius 1 is 1.12 bits per heavy atom. The standard InChI is InChI=1S/C20H21N3O/c1-22-13-5-8-17(22)14-23(16-11-12-16)20(24)21-19-10-4-7-15-6-2-3-9-18(15)19/h2-10,13,16H,11-12,14H2,1H3,(H,21,24). The maximum absolute atomic E-state index is 12.9. The van der Waals surface area contributed by atoms with E-state index >= 15 is 0 Å². The lowest BCUT2D eigenvalue weighted by Crippen LogP contribution is -2.36. The maximum Gasteiger partial charge on any atom is 0.322 e. The van der Waals surface area contributed by atoms with E-state index in [0.717, 1.165) is 35.0 Å². The van der Waals surface area contributed by atoms with Crippen LogP contribution in [0.4, 0.5) is 10.5 Å². The summed E-state index contributed by atoms with van der Waals surface area (Å²) in [6.07, 6.45) is 4.20. The van der Waals surface area contributed by atoms with Crippen molar-refractivity contribution in [2.45, 2.75) is 25.4 Å². The Balaban J connectivity index is 1.58. The number of hydrogen-bond donors (Lipinski definition) is 1. The van der Waals surface area contributed by atoms with Crippen LogP contribution in [0.1, 0.15) is 18.5 Å². The molecule has 0 bridgehead atoms. The van der Waals surface area contributed by atoms with Crippen molar-refractivity contribution in [2.24, 2.45) is 7.05 Å². The average molecular weight is 319 g/mol. The minimum absolute atomic E-state index is 0.0185. The lowest BCUT2D eigenvalue weighted by molar-refractivity contribution is 0.205. The number of carbonyl (C=O) groups excluding carboxylic acids is 1. The minimum Gasteiger partial charge on any atom is -0.353 e. The highest BCUT2D eigenvalue weighted by molar-refractivity contribution is 6.01. The van der Waals surface area contributed by atoms with Crippen LogP contribution in [-0.4, -0.2) is 21.5 Å². The fourth-order valence-electron chi connectivity index (χ4n) is 3.11. The van der Waals surface area contributed by atoms with Crippen LogP contribution in [0.3, 0.4) is 0 Å². The summed E-state index contributed by atoms with van der Waals surface area (Å²) in [5.74, 6) is 0. The summed E-state index contributed by atoms with van der Waals surface area (Å²) in [5, 5.41) is 5.32. The van der Waals surface area contributed by atoms with Gasteiger partial charge in [0.25, 0.3) is 0 Å². The van der Waals surface area contributed by atoms with Crippen LogP contribution >= 0.6 is 0 Å². The number of benzene rings is 2. The number of hydrogen-bond acceptors (Lipinski definition) is 1. The number of nitrogens with one attached hydrogen (secondary N) is 1. The van der Waals surface area contributed by atoms with E-state index in [1.165, 1.54) is 0 Å². The smallest absolute Gasteiger partial charge is 0.322 e. The normalized spacial score (nSPS) is 13.9. The first-order chi connectivity index (χ1) is 11.7. The van der Waals surface area contributed by atoms with Crippen molar-refractivity contribution in [3.8, 4) is 0 Å². The summed E-state index contributed by atoms with van der Waals surface area (Å²) in [5.41, 5.74) is 2.02. The SMILES string of the molecule is Cn1cccc1CN(C(=O)Nc1cccc2ccccc12)C1CC1. The van der Waals surface area contributed by atoms with E-state index in [1.807, 2.05) is 54.5 Å². The maximum atomic E-state index is 12.9. The Kier molecular flexibility index (Phi) is 3.73. The van der Waals surface area contributed by atoms with Crippen molar-refractivity contribution in [3.63, 3.8) is 0 Å². The molecule has 1 aliphatic rings. The Bertz CT molecular complexity index is 874. The molecule has 2 aromatic carbocycles. The van der Waals surface area contributed by atoms with E-state index in [4.69, 9.17) is 0 Å². The van der Waals surface area contributed by atoms with Crippen LogP contribution in [0, 0.1) is 0 Å². The third kappa shape index (κ3) is 2.87. The highest BCUT2D eigenvalue weighted by Gasteiger charge is 2.33. The van der Waals surface area contributed by atoms with Crippen molar-refractivity contribution in [1.82, 2.24) is 9.47 Å². The monoisotopic (exact) mass is 319 g/mol. The number of anilines is 1. The molecule has 1 N–H and O–H groups in total. The Labute approximate surface area is 141 Å². The Hall–Kier alpha value is -2.75. The first-order valence-corrected chi connectivity index (χ1v) is 8.38. The van der Waals surface area contributed by atoms with Crippen LogP contribution in [0.25, 0.3) is 10.8 Å². The molecule has 0 unspecified atom stereocenters. The third-order valence-corrected chi connectivity index (χ3v) is 4.66. The van der Waals surface area contributed by atoms with Gasteiger partial charge < -0.3 is 14.8 Å². The second kappa shape index (κ2) is 6.04. The molecule has 2 amide bonds. The number of urea groups is 1. The molecule has 1 aliphatic carbocycles. The van der Waals surface area contributed by atoms with Gasteiger partial charge in [0.2, 0.25) is 0 Å². The van der Waals surface area contributed by atoms with Crippen LogP contribution in [0.5, 0.6) is 0 Å². The molecule has 0 atom stereocenters. The average Bonchev–Trinajstić information content (AvgIpc) is 3.35. The molecule has 0 aliphatic heterocycles. The number of nitrogens with zero attached hydrogens (tertiary/aromatic N) is 2. The van der Waals surface area contributed by atoms with E-state index in [0.29, 0.717) is 12.6 Å². The van der Waals surface area contributed by atoms with Crippen LogP contribution in [0.2, 0.25) is 0 Å². The van der Waals surface area contributed by atoms with Gasteiger partial charge in [-0.15, -0.1) is 0 Å². The topological polar surface area (TPSA) is 37.3 Å². The fourth-order valence-corrected chi connectivity index (χ4v) is 3.11. The minimum atomic E-state index is -0.0185. The number of rotatable bonds is 4. The molecule has 0 saturated heterocycles. The van der Waals surface area contributed by atoms with Gasteiger partial charge in [-0.25, -0.2) is 4.79 Å². The molecule has 4 heteroatoms. The number of aryl methyl sites for hydroxylation is 1.